The molecule has 140 valence electrons. The van der Waals surface area contributed by atoms with E-state index in [2.05, 4.69) is 10.3 Å². The number of nitrogens with one attached hydrogen (secondary N) is 1. The van der Waals surface area contributed by atoms with E-state index < -0.39 is 23.6 Å². The molecule has 1 heterocycles. The van der Waals surface area contributed by atoms with Gasteiger partial charge in [0, 0.05) is 11.1 Å². The van der Waals surface area contributed by atoms with Crippen LogP contribution in [0, 0.1) is 24.6 Å². The van der Waals surface area contributed by atoms with Gasteiger partial charge in [0.05, 0.1) is 5.69 Å². The summed E-state index contributed by atoms with van der Waals surface area (Å²) >= 11 is 0. The van der Waals surface area contributed by atoms with Crippen molar-refractivity contribution in [3.8, 4) is 5.69 Å². The van der Waals surface area contributed by atoms with Crippen molar-refractivity contribution in [2.75, 3.05) is 5.32 Å². The van der Waals surface area contributed by atoms with Gasteiger partial charge in [0.2, 0.25) is 0 Å². The number of halogens is 3. The Hall–Kier alpha value is -3.61. The van der Waals surface area contributed by atoms with Gasteiger partial charge in [-0.25, -0.2) is 8.78 Å². The first-order chi connectivity index (χ1) is 13.5. The number of para-hydroxylation sites is 1. The lowest BCUT2D eigenvalue weighted by atomic mass is 10.1. The van der Waals surface area contributed by atoms with Crippen LogP contribution in [0.5, 0.6) is 0 Å². The number of benzene rings is 3. The number of imidazole rings is 1. The van der Waals surface area contributed by atoms with Gasteiger partial charge < -0.3 is 5.32 Å². The topological polar surface area (TPSA) is 46.9 Å². The molecule has 0 unspecified atom stereocenters. The third-order valence-electron chi connectivity index (χ3n) is 4.45. The van der Waals surface area contributed by atoms with E-state index in [9.17, 15) is 18.0 Å². The molecule has 4 nitrogen and oxygen atoms in total. The highest BCUT2D eigenvalue weighted by Gasteiger charge is 2.26. The van der Waals surface area contributed by atoms with E-state index in [-0.39, 0.29) is 27.8 Å². The number of rotatable bonds is 3. The molecular formula is C21H14F3N3O. The average Bonchev–Trinajstić information content (AvgIpc) is 3.07. The molecule has 0 fully saturated rings. The largest absolute Gasteiger partial charge is 0.318 e. The number of amides is 1. The summed E-state index contributed by atoms with van der Waals surface area (Å²) in [7, 11) is 0. The molecule has 1 N–H and O–H groups in total. The summed E-state index contributed by atoms with van der Waals surface area (Å²) in [5.74, 6) is -2.56. The van der Waals surface area contributed by atoms with E-state index in [1.807, 2.05) is 0 Å². The lowest BCUT2D eigenvalue weighted by Crippen LogP contribution is -2.15. The molecule has 0 bridgehead atoms. The molecule has 3 aromatic carbocycles. The van der Waals surface area contributed by atoms with Crippen LogP contribution in [0.3, 0.4) is 0 Å². The number of anilines is 1. The van der Waals surface area contributed by atoms with Gasteiger partial charge in [-0.1, -0.05) is 36.4 Å². The second-order valence-corrected chi connectivity index (χ2v) is 6.20. The van der Waals surface area contributed by atoms with Crippen LogP contribution in [-0.4, -0.2) is 15.5 Å². The van der Waals surface area contributed by atoms with Crippen molar-refractivity contribution in [2.45, 2.75) is 6.92 Å². The number of nitrogens with zero attached hydrogens (tertiary/aromatic N) is 2. The second-order valence-electron chi connectivity index (χ2n) is 6.20. The number of carbonyl (C=O) groups excluding carboxylic acids is 1. The van der Waals surface area contributed by atoms with Crippen LogP contribution in [0.2, 0.25) is 0 Å². The van der Waals surface area contributed by atoms with Crippen molar-refractivity contribution in [3.05, 3.63) is 89.5 Å². The maximum atomic E-state index is 15.0. The summed E-state index contributed by atoms with van der Waals surface area (Å²) in [4.78, 5) is 16.2. The molecule has 0 aliphatic carbocycles. The van der Waals surface area contributed by atoms with Crippen molar-refractivity contribution >= 4 is 22.6 Å². The van der Waals surface area contributed by atoms with E-state index in [0.717, 1.165) is 4.57 Å². The average molecular weight is 381 g/mol. The van der Waals surface area contributed by atoms with E-state index in [1.54, 1.807) is 60.7 Å². The molecule has 0 radical (unpaired) electrons. The van der Waals surface area contributed by atoms with Gasteiger partial charge in [0.25, 0.3) is 12.0 Å². The minimum Gasteiger partial charge on any atom is -0.318 e. The van der Waals surface area contributed by atoms with Crippen LogP contribution in [0.1, 0.15) is 15.9 Å². The van der Waals surface area contributed by atoms with Crippen molar-refractivity contribution in [1.82, 2.24) is 9.55 Å². The predicted molar refractivity (Wildman–Crippen MR) is 100 cm³/mol. The first-order valence-electron chi connectivity index (χ1n) is 8.46. The van der Waals surface area contributed by atoms with Crippen LogP contribution in [-0.2, 0) is 0 Å². The summed E-state index contributed by atoms with van der Waals surface area (Å²) in [6, 6.07) is 16.3. The van der Waals surface area contributed by atoms with Crippen molar-refractivity contribution in [1.29, 1.82) is 0 Å². The predicted octanol–water partition coefficient (Wildman–Crippen LogP) is 5.00. The highest BCUT2D eigenvalue weighted by molar-refractivity contribution is 6.08. The van der Waals surface area contributed by atoms with Gasteiger partial charge in [-0.15, -0.1) is 0 Å². The zero-order chi connectivity index (χ0) is 19.8. The Kier molecular flexibility index (Phi) is 4.35. The maximum absolute atomic E-state index is 15.0. The third kappa shape index (κ3) is 2.81. The van der Waals surface area contributed by atoms with Gasteiger partial charge in [-0.3, -0.25) is 9.36 Å². The van der Waals surface area contributed by atoms with Crippen LogP contribution in [0.25, 0.3) is 16.7 Å². The maximum Gasteiger partial charge on any atom is 0.295 e. The molecule has 4 rings (SSSR count). The molecule has 0 saturated heterocycles. The fourth-order valence-corrected chi connectivity index (χ4v) is 3.04. The van der Waals surface area contributed by atoms with Crippen LogP contribution >= 0.6 is 0 Å². The molecule has 1 amide bonds. The van der Waals surface area contributed by atoms with Crippen LogP contribution in [0.4, 0.5) is 18.9 Å². The van der Waals surface area contributed by atoms with Gasteiger partial charge in [0.15, 0.2) is 11.6 Å². The summed E-state index contributed by atoms with van der Waals surface area (Å²) in [6.07, 6.45) is -1.01. The van der Waals surface area contributed by atoms with E-state index >= 15 is 0 Å². The molecule has 1 aromatic heterocycles. The number of hydrogen-bond donors (Lipinski definition) is 1. The quantitative estimate of drug-likeness (QED) is 0.543. The summed E-state index contributed by atoms with van der Waals surface area (Å²) in [6.45, 7) is 1.21. The Bertz CT molecular complexity index is 1190. The Balaban J connectivity index is 1.98. The SMILES string of the molecule is Cc1c(F)c(NC(=O)c2ccccc2)c2c(nc(F)n2-c2ccccc2)c1F. The Morgan fingerprint density at radius 3 is 2.18 bits per heavy atom. The highest BCUT2D eigenvalue weighted by Crippen LogP contribution is 2.34. The minimum atomic E-state index is -1.01. The Morgan fingerprint density at radius 2 is 1.54 bits per heavy atom. The minimum absolute atomic E-state index is 0.186. The number of fused-ring (bicyclic) bond motifs is 1. The Labute approximate surface area is 158 Å². The summed E-state index contributed by atoms with van der Waals surface area (Å²) < 4.78 is 45.2. The number of aromatic nitrogens is 2. The van der Waals surface area contributed by atoms with Gasteiger partial charge in [-0.2, -0.15) is 9.37 Å². The van der Waals surface area contributed by atoms with Crippen molar-refractivity contribution in [2.24, 2.45) is 0 Å². The molecular weight excluding hydrogens is 367 g/mol. The normalized spacial score (nSPS) is 11.0. The van der Waals surface area contributed by atoms with E-state index in [1.165, 1.54) is 6.92 Å². The van der Waals surface area contributed by atoms with Crippen molar-refractivity contribution in [3.63, 3.8) is 0 Å². The van der Waals surface area contributed by atoms with Crippen molar-refractivity contribution < 1.29 is 18.0 Å². The first-order valence-corrected chi connectivity index (χ1v) is 8.46. The zero-order valence-corrected chi connectivity index (χ0v) is 14.7. The molecule has 7 heteroatoms. The van der Waals surface area contributed by atoms with Gasteiger partial charge in [0.1, 0.15) is 16.7 Å². The zero-order valence-electron chi connectivity index (χ0n) is 14.7. The van der Waals surface area contributed by atoms with Gasteiger partial charge in [-0.05, 0) is 31.2 Å². The highest BCUT2D eigenvalue weighted by atomic mass is 19.1. The fraction of sp³-hybridized carbons (Fsp3) is 0.0476. The molecule has 0 aliphatic heterocycles. The van der Waals surface area contributed by atoms with E-state index in [4.69, 9.17) is 0 Å². The summed E-state index contributed by atoms with van der Waals surface area (Å²) in [5.41, 5.74) is -0.627. The monoisotopic (exact) mass is 381 g/mol. The van der Waals surface area contributed by atoms with Crippen LogP contribution in [0.15, 0.2) is 60.7 Å². The number of hydrogen-bond acceptors (Lipinski definition) is 2. The number of carbonyl (C=O) groups is 1. The molecule has 4 aromatic rings. The smallest absolute Gasteiger partial charge is 0.295 e. The first kappa shape index (κ1) is 17.8. The van der Waals surface area contributed by atoms with Gasteiger partial charge >= 0.3 is 0 Å². The van der Waals surface area contributed by atoms with E-state index in [0.29, 0.717) is 5.69 Å². The molecule has 0 aliphatic rings. The molecule has 0 atom stereocenters. The third-order valence-corrected chi connectivity index (χ3v) is 4.45. The lowest BCUT2D eigenvalue weighted by Gasteiger charge is -2.13. The molecule has 0 spiro atoms. The standard InChI is InChI=1S/C21H14F3N3O/c1-12-15(22)17(25-20(28)13-8-4-2-5-9-13)19-18(16(12)23)26-21(24)27(19)14-10-6-3-7-11-14/h2-11H,1H3,(H,25,28). The molecule has 0 saturated carbocycles. The molecule has 28 heavy (non-hydrogen) atoms. The summed E-state index contributed by atoms with van der Waals surface area (Å²) in [5, 5.41) is 2.45. The fourth-order valence-electron chi connectivity index (χ4n) is 3.04. The van der Waals surface area contributed by atoms with Crippen LogP contribution < -0.4 is 5.32 Å². The Morgan fingerprint density at radius 1 is 0.929 bits per heavy atom. The lowest BCUT2D eigenvalue weighted by molar-refractivity contribution is 0.102. The second kappa shape index (κ2) is 6.84.